The number of nitrogens with one attached hydrogen (secondary N) is 1. The molecule has 0 aliphatic heterocycles. The van der Waals surface area contributed by atoms with Gasteiger partial charge in [-0.2, -0.15) is 4.98 Å². The molecule has 0 aliphatic carbocycles. The zero-order valence-electron chi connectivity index (χ0n) is 18.0. The lowest BCUT2D eigenvalue weighted by Gasteiger charge is -2.12. The Morgan fingerprint density at radius 3 is 2.41 bits per heavy atom. The number of carbonyl (C=O) groups excluding carboxylic acids is 1. The van der Waals surface area contributed by atoms with Crippen LogP contribution < -0.4 is 15.6 Å². The largest absolute Gasteiger partial charge is 0.497 e. The summed E-state index contributed by atoms with van der Waals surface area (Å²) in [6.45, 7) is 3.71. The van der Waals surface area contributed by atoms with Crippen molar-refractivity contribution in [2.75, 3.05) is 12.4 Å². The third kappa shape index (κ3) is 4.44. The number of carbonyl (C=O) groups is 1. The Morgan fingerprint density at radius 2 is 1.72 bits per heavy atom. The minimum absolute atomic E-state index is 0.139. The second kappa shape index (κ2) is 8.89. The second-order valence-corrected chi connectivity index (χ2v) is 7.35. The number of nitrogens with zero attached hydrogens (tertiary/aromatic N) is 3. The predicted molar refractivity (Wildman–Crippen MR) is 121 cm³/mol. The van der Waals surface area contributed by atoms with E-state index in [0.29, 0.717) is 11.4 Å². The number of pyridine rings is 1. The van der Waals surface area contributed by atoms with Crippen LogP contribution in [0.15, 0.2) is 70.1 Å². The summed E-state index contributed by atoms with van der Waals surface area (Å²) in [5.74, 6) is 1.09. The number of aromatic nitrogens is 3. The summed E-state index contributed by atoms with van der Waals surface area (Å²) in [4.78, 5) is 29.3. The van der Waals surface area contributed by atoms with E-state index in [0.717, 1.165) is 28.1 Å². The summed E-state index contributed by atoms with van der Waals surface area (Å²) < 4.78 is 11.9. The average Bonchev–Trinajstić information content (AvgIpc) is 3.28. The minimum atomic E-state index is -0.305. The molecule has 1 amide bonds. The normalized spacial score (nSPS) is 10.7. The maximum absolute atomic E-state index is 12.6. The monoisotopic (exact) mass is 430 g/mol. The maximum atomic E-state index is 12.6. The molecule has 1 N–H and O–H groups in total. The Morgan fingerprint density at radius 1 is 1.03 bits per heavy atom. The molecule has 4 aromatic rings. The smallest absolute Gasteiger partial charge is 0.259 e. The highest BCUT2D eigenvalue weighted by Crippen LogP contribution is 2.23. The molecule has 0 saturated heterocycles. The van der Waals surface area contributed by atoms with Crippen molar-refractivity contribution in [3.8, 4) is 28.6 Å². The Labute approximate surface area is 184 Å². The van der Waals surface area contributed by atoms with Gasteiger partial charge in [0.2, 0.25) is 11.7 Å². The molecular formula is C24H22N4O4. The van der Waals surface area contributed by atoms with E-state index in [1.54, 1.807) is 25.3 Å². The van der Waals surface area contributed by atoms with Crippen molar-refractivity contribution in [3.05, 3.63) is 82.3 Å². The van der Waals surface area contributed by atoms with E-state index in [1.165, 1.54) is 16.8 Å². The third-order valence-corrected chi connectivity index (χ3v) is 5.06. The van der Waals surface area contributed by atoms with Crippen LogP contribution in [0.3, 0.4) is 0 Å². The second-order valence-electron chi connectivity index (χ2n) is 7.35. The highest BCUT2D eigenvalue weighted by Gasteiger charge is 2.14. The SMILES string of the molecule is COc1ccc(-c2noc(-c3ccc(=O)n(CC(=O)Nc4c(C)cccc4C)c3)n2)cc1. The van der Waals surface area contributed by atoms with Crippen molar-refractivity contribution in [2.45, 2.75) is 20.4 Å². The fourth-order valence-corrected chi connectivity index (χ4v) is 3.32. The predicted octanol–water partition coefficient (Wildman–Crippen LogP) is 3.83. The first-order valence-corrected chi connectivity index (χ1v) is 9.99. The molecule has 2 aromatic carbocycles. The summed E-state index contributed by atoms with van der Waals surface area (Å²) in [6.07, 6.45) is 1.54. The molecule has 0 atom stereocenters. The van der Waals surface area contributed by atoms with Gasteiger partial charge in [-0.05, 0) is 55.3 Å². The molecule has 0 bridgehead atoms. The van der Waals surface area contributed by atoms with Crippen molar-refractivity contribution in [3.63, 3.8) is 0 Å². The van der Waals surface area contributed by atoms with E-state index in [2.05, 4.69) is 15.5 Å². The quantitative estimate of drug-likeness (QED) is 0.499. The Bertz CT molecular complexity index is 1300. The molecule has 0 aliphatic rings. The van der Waals surface area contributed by atoms with Crippen LogP contribution in [0.2, 0.25) is 0 Å². The fourth-order valence-electron chi connectivity index (χ4n) is 3.32. The van der Waals surface area contributed by atoms with Gasteiger partial charge in [-0.25, -0.2) is 0 Å². The zero-order chi connectivity index (χ0) is 22.7. The molecule has 2 heterocycles. The fraction of sp³-hybridized carbons (Fsp3) is 0.167. The molecule has 8 heteroatoms. The van der Waals surface area contributed by atoms with E-state index < -0.39 is 0 Å². The van der Waals surface area contributed by atoms with Crippen LogP contribution in [0.25, 0.3) is 22.8 Å². The average molecular weight is 430 g/mol. The van der Waals surface area contributed by atoms with Crippen LogP contribution in [0.5, 0.6) is 5.75 Å². The number of anilines is 1. The topological polar surface area (TPSA) is 99.3 Å². The lowest BCUT2D eigenvalue weighted by molar-refractivity contribution is -0.116. The molecule has 32 heavy (non-hydrogen) atoms. The van der Waals surface area contributed by atoms with Crippen LogP contribution in [0.4, 0.5) is 5.69 Å². The van der Waals surface area contributed by atoms with E-state index in [-0.39, 0.29) is 23.9 Å². The lowest BCUT2D eigenvalue weighted by Crippen LogP contribution is -2.27. The number of hydrogen-bond donors (Lipinski definition) is 1. The zero-order valence-corrected chi connectivity index (χ0v) is 18.0. The van der Waals surface area contributed by atoms with E-state index >= 15 is 0 Å². The molecule has 2 aromatic heterocycles. The van der Waals surface area contributed by atoms with Crippen molar-refractivity contribution >= 4 is 11.6 Å². The summed E-state index contributed by atoms with van der Waals surface area (Å²) in [5.41, 5.74) is 3.66. The minimum Gasteiger partial charge on any atom is -0.497 e. The summed E-state index contributed by atoms with van der Waals surface area (Å²) in [6, 6.07) is 16.0. The van der Waals surface area contributed by atoms with Crippen molar-refractivity contribution < 1.29 is 14.1 Å². The molecule has 0 unspecified atom stereocenters. The maximum Gasteiger partial charge on any atom is 0.259 e. The van der Waals surface area contributed by atoms with Gasteiger partial charge in [0.1, 0.15) is 12.3 Å². The number of para-hydroxylation sites is 1. The molecule has 0 spiro atoms. The Hall–Kier alpha value is -4.20. The van der Waals surface area contributed by atoms with E-state index in [9.17, 15) is 9.59 Å². The van der Waals surface area contributed by atoms with Gasteiger partial charge in [-0.3, -0.25) is 9.59 Å². The van der Waals surface area contributed by atoms with Crippen LogP contribution in [-0.2, 0) is 11.3 Å². The van der Waals surface area contributed by atoms with Crippen molar-refractivity contribution in [2.24, 2.45) is 0 Å². The van der Waals surface area contributed by atoms with Crippen LogP contribution in [-0.4, -0.2) is 27.7 Å². The lowest BCUT2D eigenvalue weighted by atomic mass is 10.1. The van der Waals surface area contributed by atoms with Gasteiger partial charge in [0.25, 0.3) is 11.4 Å². The van der Waals surface area contributed by atoms with Gasteiger partial charge in [0, 0.05) is 23.5 Å². The summed E-state index contributed by atoms with van der Waals surface area (Å²) in [7, 11) is 1.60. The number of methoxy groups -OCH3 is 1. The molecule has 8 nitrogen and oxygen atoms in total. The van der Waals surface area contributed by atoms with Gasteiger partial charge in [0.05, 0.1) is 12.7 Å². The van der Waals surface area contributed by atoms with Gasteiger partial charge >= 0.3 is 0 Å². The van der Waals surface area contributed by atoms with Gasteiger partial charge in [-0.15, -0.1) is 0 Å². The number of benzene rings is 2. The highest BCUT2D eigenvalue weighted by molar-refractivity contribution is 5.92. The first-order chi connectivity index (χ1) is 15.4. The van der Waals surface area contributed by atoms with Gasteiger partial charge < -0.3 is 19.1 Å². The molecule has 0 radical (unpaired) electrons. The standard InChI is InChI=1S/C24H22N4O4/c1-15-5-4-6-16(2)22(15)25-20(29)14-28-13-18(9-12-21(28)30)24-26-23(27-32-24)17-7-10-19(31-3)11-8-17/h4-13H,14H2,1-3H3,(H,25,29). The number of amides is 1. The van der Waals surface area contributed by atoms with Crippen LogP contribution in [0.1, 0.15) is 11.1 Å². The Balaban J connectivity index is 1.54. The molecular weight excluding hydrogens is 408 g/mol. The van der Waals surface area contributed by atoms with E-state index in [4.69, 9.17) is 9.26 Å². The first-order valence-electron chi connectivity index (χ1n) is 9.99. The number of ether oxygens (including phenoxy) is 1. The number of aryl methyl sites for hydroxylation is 2. The van der Waals surface area contributed by atoms with Gasteiger partial charge in [-0.1, -0.05) is 23.4 Å². The number of rotatable bonds is 6. The molecule has 4 rings (SSSR count). The molecule has 0 fully saturated rings. The summed E-state index contributed by atoms with van der Waals surface area (Å²) >= 11 is 0. The van der Waals surface area contributed by atoms with Crippen LogP contribution >= 0.6 is 0 Å². The summed E-state index contributed by atoms with van der Waals surface area (Å²) in [5, 5.41) is 6.90. The highest BCUT2D eigenvalue weighted by atomic mass is 16.5. The van der Waals surface area contributed by atoms with Crippen LogP contribution in [0, 0.1) is 13.8 Å². The molecule has 0 saturated carbocycles. The van der Waals surface area contributed by atoms with E-state index in [1.807, 2.05) is 44.2 Å². The third-order valence-electron chi connectivity index (χ3n) is 5.06. The first kappa shape index (κ1) is 21.0. The Kier molecular flexibility index (Phi) is 5.85. The van der Waals surface area contributed by atoms with Crippen molar-refractivity contribution in [1.82, 2.24) is 14.7 Å². The number of hydrogen-bond acceptors (Lipinski definition) is 6. The molecule has 162 valence electrons. The van der Waals surface area contributed by atoms with Crippen molar-refractivity contribution in [1.29, 1.82) is 0 Å². The van der Waals surface area contributed by atoms with Gasteiger partial charge in [0.15, 0.2) is 0 Å².